The molecule has 2 amide bonds. The number of ether oxygens (including phenoxy) is 2. The highest BCUT2D eigenvalue weighted by Crippen LogP contribution is 2.26. The van der Waals surface area contributed by atoms with E-state index in [4.69, 9.17) is 26.5 Å². The molecular weight excluding hydrogens is 416 g/mol. The van der Waals surface area contributed by atoms with Gasteiger partial charge >= 0.3 is 6.09 Å². The summed E-state index contributed by atoms with van der Waals surface area (Å²) in [6.45, 7) is 1.84. The van der Waals surface area contributed by atoms with Crippen LogP contribution in [0.5, 0.6) is 0 Å². The molecule has 29 heavy (non-hydrogen) atoms. The molecule has 2 N–H and O–H groups in total. The minimum Gasteiger partial charge on any atom is -0.465 e. The minimum atomic E-state index is -0.454. The lowest BCUT2D eigenvalue weighted by Gasteiger charge is -2.29. The monoisotopic (exact) mass is 434 g/mol. The van der Waals surface area contributed by atoms with E-state index >= 15 is 0 Å². The fourth-order valence-electron chi connectivity index (χ4n) is 3.20. The molecule has 2 aliphatic heterocycles. The molecule has 0 saturated carbocycles. The van der Waals surface area contributed by atoms with Crippen molar-refractivity contribution >= 4 is 52.3 Å². The van der Waals surface area contributed by atoms with Gasteiger partial charge in [0.2, 0.25) is 0 Å². The summed E-state index contributed by atoms with van der Waals surface area (Å²) in [4.78, 5) is 28.2. The number of amidine groups is 1. The van der Waals surface area contributed by atoms with E-state index in [-0.39, 0.29) is 18.5 Å². The third kappa shape index (κ3) is 4.30. The first-order valence-corrected chi connectivity index (χ1v) is 10.3. The van der Waals surface area contributed by atoms with Gasteiger partial charge in [0, 0.05) is 17.9 Å². The van der Waals surface area contributed by atoms with Crippen molar-refractivity contribution in [2.24, 2.45) is 0 Å². The topological polar surface area (TPSA) is 95.0 Å². The normalized spacial score (nSPS) is 19.1. The molecule has 2 saturated heterocycles. The highest BCUT2D eigenvalue weighted by Gasteiger charge is 2.32. The van der Waals surface area contributed by atoms with Crippen molar-refractivity contribution in [3.05, 3.63) is 45.6 Å². The summed E-state index contributed by atoms with van der Waals surface area (Å²) in [6, 6.07) is 10.8. The number of nitrogens with zero attached hydrogens (tertiary/aromatic N) is 2. The lowest BCUT2D eigenvalue weighted by molar-refractivity contribution is 0.0920. The van der Waals surface area contributed by atoms with Gasteiger partial charge in [0.25, 0.3) is 11.9 Å². The van der Waals surface area contributed by atoms with E-state index in [1.807, 2.05) is 24.3 Å². The largest absolute Gasteiger partial charge is 0.465 e. The van der Waals surface area contributed by atoms with Crippen LogP contribution in [0.4, 0.5) is 16.2 Å². The summed E-state index contributed by atoms with van der Waals surface area (Å²) in [5.74, 6) is -0.244. The second-order valence-corrected chi connectivity index (χ2v) is 8.32. The van der Waals surface area contributed by atoms with E-state index in [1.54, 1.807) is 17.0 Å². The third-order valence-corrected chi connectivity index (χ3v) is 5.87. The van der Waals surface area contributed by atoms with Crippen LogP contribution in [0.3, 0.4) is 0 Å². The molecule has 0 bridgehead atoms. The van der Waals surface area contributed by atoms with E-state index in [0.29, 0.717) is 28.1 Å². The average molecular weight is 435 g/mol. The van der Waals surface area contributed by atoms with Gasteiger partial charge in [-0.2, -0.15) is 0 Å². The van der Waals surface area contributed by atoms with Crippen LogP contribution in [0.15, 0.2) is 36.4 Å². The molecule has 1 atom stereocenters. The van der Waals surface area contributed by atoms with Crippen LogP contribution in [0, 0.1) is 5.41 Å². The van der Waals surface area contributed by atoms with Gasteiger partial charge in [0.05, 0.1) is 28.9 Å². The molecule has 0 aliphatic carbocycles. The van der Waals surface area contributed by atoms with Crippen LogP contribution in [0.25, 0.3) is 0 Å². The molecular formula is C19H19ClN4O4S. The second kappa shape index (κ2) is 8.30. The Balaban J connectivity index is 1.35. The molecule has 4 rings (SSSR count). The zero-order valence-corrected chi connectivity index (χ0v) is 17.0. The standard InChI is InChI=1S/C19H19ClN4O4S/c20-16-7-6-15(29-16)17(25)22-10-14-11-24(19(26)28-14)13-4-2-12(3-5-13)23-8-1-9-27-18(23)21/h2-7,14,21H,1,8-11H2,(H,22,25). The number of halogens is 1. The predicted octanol–water partition coefficient (Wildman–Crippen LogP) is 3.32. The van der Waals surface area contributed by atoms with Crippen LogP contribution >= 0.6 is 22.9 Å². The number of carbonyl (C=O) groups excluding carboxylic acids is 2. The Morgan fingerprint density at radius 2 is 1.93 bits per heavy atom. The molecule has 2 aliphatic rings. The SMILES string of the molecule is N=C1OCCCN1c1ccc(N2CC(CNC(=O)c3ccc(Cl)s3)OC2=O)cc1. The molecule has 3 heterocycles. The Morgan fingerprint density at radius 3 is 2.59 bits per heavy atom. The second-order valence-electron chi connectivity index (χ2n) is 6.61. The van der Waals surface area contributed by atoms with Crippen molar-refractivity contribution < 1.29 is 19.1 Å². The number of benzene rings is 1. The third-order valence-electron chi connectivity index (χ3n) is 4.64. The smallest absolute Gasteiger partial charge is 0.414 e. The van der Waals surface area contributed by atoms with Crippen molar-refractivity contribution in [2.75, 3.05) is 36.0 Å². The number of amides is 2. The van der Waals surface area contributed by atoms with E-state index in [1.165, 1.54) is 16.2 Å². The summed E-state index contributed by atoms with van der Waals surface area (Å²) in [5.41, 5.74) is 1.53. The molecule has 0 radical (unpaired) electrons. The Morgan fingerprint density at radius 1 is 1.21 bits per heavy atom. The highest BCUT2D eigenvalue weighted by atomic mass is 35.5. The predicted molar refractivity (Wildman–Crippen MR) is 111 cm³/mol. The average Bonchev–Trinajstić information content (AvgIpc) is 3.32. The molecule has 152 valence electrons. The molecule has 10 heteroatoms. The van der Waals surface area contributed by atoms with Crippen molar-refractivity contribution in [3.8, 4) is 0 Å². The number of rotatable bonds is 5. The van der Waals surface area contributed by atoms with Gasteiger partial charge in [-0.1, -0.05) is 11.6 Å². The Hall–Kier alpha value is -2.78. The number of carbonyl (C=O) groups is 2. The highest BCUT2D eigenvalue weighted by molar-refractivity contribution is 7.18. The fourth-order valence-corrected chi connectivity index (χ4v) is 4.16. The van der Waals surface area contributed by atoms with Crippen molar-refractivity contribution in [3.63, 3.8) is 0 Å². The van der Waals surface area contributed by atoms with Crippen LogP contribution in [0.2, 0.25) is 4.34 Å². The lowest BCUT2D eigenvalue weighted by Crippen LogP contribution is -2.38. The first kappa shape index (κ1) is 19.5. The number of hydrogen-bond donors (Lipinski definition) is 2. The number of hydrogen-bond acceptors (Lipinski definition) is 6. The van der Waals surface area contributed by atoms with Crippen molar-refractivity contribution in [2.45, 2.75) is 12.5 Å². The maximum Gasteiger partial charge on any atom is 0.414 e. The summed E-state index contributed by atoms with van der Waals surface area (Å²) in [7, 11) is 0. The first-order chi connectivity index (χ1) is 14.0. The zero-order valence-electron chi connectivity index (χ0n) is 15.4. The van der Waals surface area contributed by atoms with Gasteiger partial charge in [0.15, 0.2) is 0 Å². The van der Waals surface area contributed by atoms with Gasteiger partial charge in [-0.25, -0.2) is 4.79 Å². The minimum absolute atomic E-state index is 0.132. The zero-order chi connectivity index (χ0) is 20.4. The quantitative estimate of drug-likeness (QED) is 0.752. The Labute approximate surface area is 176 Å². The fraction of sp³-hybridized carbons (Fsp3) is 0.316. The summed E-state index contributed by atoms with van der Waals surface area (Å²) < 4.78 is 11.2. The van der Waals surface area contributed by atoms with Crippen LogP contribution in [-0.2, 0) is 9.47 Å². The summed E-state index contributed by atoms with van der Waals surface area (Å²) >= 11 is 7.04. The van der Waals surface area contributed by atoms with Crippen molar-refractivity contribution in [1.29, 1.82) is 5.41 Å². The maximum atomic E-state index is 12.3. The van der Waals surface area contributed by atoms with Crippen molar-refractivity contribution in [1.82, 2.24) is 5.32 Å². The van der Waals surface area contributed by atoms with Gasteiger partial charge in [-0.05, 0) is 42.8 Å². The van der Waals surface area contributed by atoms with Gasteiger partial charge in [-0.15, -0.1) is 11.3 Å². The summed E-state index contributed by atoms with van der Waals surface area (Å²) in [5, 5.41) is 10.7. The maximum absolute atomic E-state index is 12.3. The molecule has 1 unspecified atom stereocenters. The van der Waals surface area contributed by atoms with Crippen LogP contribution in [-0.4, -0.2) is 50.4 Å². The van der Waals surface area contributed by atoms with E-state index in [2.05, 4.69) is 5.32 Å². The summed E-state index contributed by atoms with van der Waals surface area (Å²) in [6.07, 6.45) is -0.0383. The number of cyclic esters (lactones) is 1. The van der Waals surface area contributed by atoms with E-state index in [0.717, 1.165) is 18.7 Å². The van der Waals surface area contributed by atoms with Crippen LogP contribution < -0.4 is 15.1 Å². The molecule has 1 aromatic carbocycles. The van der Waals surface area contributed by atoms with E-state index < -0.39 is 12.2 Å². The molecule has 8 nitrogen and oxygen atoms in total. The van der Waals surface area contributed by atoms with Gasteiger partial charge in [-0.3, -0.25) is 20.0 Å². The van der Waals surface area contributed by atoms with Gasteiger partial charge in [0.1, 0.15) is 6.10 Å². The Kier molecular flexibility index (Phi) is 5.59. The number of anilines is 2. The molecule has 2 fully saturated rings. The van der Waals surface area contributed by atoms with Gasteiger partial charge < -0.3 is 14.8 Å². The molecule has 1 aromatic heterocycles. The first-order valence-electron chi connectivity index (χ1n) is 9.12. The number of nitrogens with one attached hydrogen (secondary N) is 2. The Bertz CT molecular complexity index is 933. The van der Waals surface area contributed by atoms with E-state index in [9.17, 15) is 9.59 Å². The number of thiophene rings is 1. The van der Waals surface area contributed by atoms with Crippen LogP contribution in [0.1, 0.15) is 16.1 Å². The lowest BCUT2D eigenvalue weighted by atomic mass is 10.2. The molecule has 0 spiro atoms. The molecule has 2 aromatic rings.